The van der Waals surface area contributed by atoms with Gasteiger partial charge in [-0.15, -0.1) is 11.3 Å². The van der Waals surface area contributed by atoms with Gasteiger partial charge >= 0.3 is 0 Å². The maximum atomic E-state index is 5.47. The fourth-order valence-electron chi connectivity index (χ4n) is 1.34. The van der Waals surface area contributed by atoms with Gasteiger partial charge in [0.2, 0.25) is 0 Å². The summed E-state index contributed by atoms with van der Waals surface area (Å²) in [5.74, 6) is 0. The van der Waals surface area contributed by atoms with Crippen molar-refractivity contribution >= 4 is 34.2 Å². The SMILES string of the molecule is NC(=S)c1ccc(NCCc2cscn2)cn1. The lowest BCUT2D eigenvalue weighted by Crippen LogP contribution is -2.12. The average molecular weight is 264 g/mol. The van der Waals surface area contributed by atoms with Crippen LogP contribution in [0.5, 0.6) is 0 Å². The van der Waals surface area contributed by atoms with E-state index in [1.54, 1.807) is 17.5 Å². The number of rotatable bonds is 5. The molecule has 0 unspecified atom stereocenters. The number of thiocarbonyl (C=S) groups is 1. The van der Waals surface area contributed by atoms with Gasteiger partial charge in [0.25, 0.3) is 0 Å². The highest BCUT2D eigenvalue weighted by molar-refractivity contribution is 7.80. The number of nitrogens with one attached hydrogen (secondary N) is 1. The van der Waals surface area contributed by atoms with Gasteiger partial charge in [-0.1, -0.05) is 12.2 Å². The van der Waals surface area contributed by atoms with Crippen molar-refractivity contribution in [2.75, 3.05) is 11.9 Å². The molecule has 17 heavy (non-hydrogen) atoms. The lowest BCUT2D eigenvalue weighted by Gasteiger charge is -2.05. The lowest BCUT2D eigenvalue weighted by molar-refractivity contribution is 0.975. The summed E-state index contributed by atoms with van der Waals surface area (Å²) in [6.07, 6.45) is 2.64. The summed E-state index contributed by atoms with van der Waals surface area (Å²) in [7, 11) is 0. The summed E-state index contributed by atoms with van der Waals surface area (Å²) in [5, 5.41) is 5.32. The average Bonchev–Trinajstić information content (AvgIpc) is 2.83. The smallest absolute Gasteiger partial charge is 0.122 e. The molecule has 6 heteroatoms. The number of nitrogens with two attached hydrogens (primary N) is 1. The molecule has 0 aliphatic carbocycles. The summed E-state index contributed by atoms with van der Waals surface area (Å²) in [6, 6.07) is 3.73. The van der Waals surface area contributed by atoms with E-state index in [0.29, 0.717) is 10.7 Å². The number of thiazole rings is 1. The minimum absolute atomic E-state index is 0.319. The predicted molar refractivity (Wildman–Crippen MR) is 74.4 cm³/mol. The summed E-state index contributed by atoms with van der Waals surface area (Å²) < 4.78 is 0. The Morgan fingerprint density at radius 1 is 1.41 bits per heavy atom. The molecule has 0 amide bonds. The number of aromatic nitrogens is 2. The third-order valence-electron chi connectivity index (χ3n) is 2.21. The van der Waals surface area contributed by atoms with Crippen molar-refractivity contribution in [3.8, 4) is 0 Å². The number of hydrogen-bond donors (Lipinski definition) is 2. The standard InChI is InChI=1S/C11H12N4S2/c12-11(16)10-2-1-8(5-14-10)13-4-3-9-6-17-7-15-9/h1-2,5-7,13H,3-4H2,(H2,12,16). The van der Waals surface area contributed by atoms with Crippen molar-refractivity contribution in [2.45, 2.75) is 6.42 Å². The maximum absolute atomic E-state index is 5.47. The van der Waals surface area contributed by atoms with Crippen molar-refractivity contribution in [1.29, 1.82) is 0 Å². The van der Waals surface area contributed by atoms with Crippen molar-refractivity contribution in [2.24, 2.45) is 5.73 Å². The van der Waals surface area contributed by atoms with Crippen molar-refractivity contribution in [3.63, 3.8) is 0 Å². The molecule has 0 atom stereocenters. The molecular weight excluding hydrogens is 252 g/mol. The van der Waals surface area contributed by atoms with Gasteiger partial charge in [-0.2, -0.15) is 0 Å². The Bertz CT molecular complexity index is 479. The number of nitrogens with zero attached hydrogens (tertiary/aromatic N) is 2. The van der Waals surface area contributed by atoms with Crippen LogP contribution in [0.25, 0.3) is 0 Å². The molecule has 0 aliphatic rings. The number of pyridine rings is 1. The normalized spacial score (nSPS) is 10.1. The molecule has 2 aromatic rings. The fourth-order valence-corrected chi connectivity index (χ4v) is 2.05. The second kappa shape index (κ2) is 5.70. The van der Waals surface area contributed by atoms with Crippen LogP contribution in [0.4, 0.5) is 5.69 Å². The highest BCUT2D eigenvalue weighted by atomic mass is 32.1. The molecule has 0 aromatic carbocycles. The molecule has 2 heterocycles. The highest BCUT2D eigenvalue weighted by Gasteiger charge is 1.99. The zero-order valence-electron chi connectivity index (χ0n) is 9.09. The first-order chi connectivity index (χ1) is 8.25. The predicted octanol–water partition coefficient (Wildman–Crippen LogP) is 1.83. The first kappa shape index (κ1) is 11.9. The zero-order valence-corrected chi connectivity index (χ0v) is 10.7. The van der Waals surface area contributed by atoms with Gasteiger partial charge in [0, 0.05) is 18.3 Å². The minimum atomic E-state index is 0.319. The molecule has 0 spiro atoms. The van der Waals surface area contributed by atoms with Crippen molar-refractivity contribution < 1.29 is 0 Å². The second-order valence-electron chi connectivity index (χ2n) is 3.45. The largest absolute Gasteiger partial charge is 0.388 e. The first-order valence-electron chi connectivity index (χ1n) is 5.12. The van der Waals surface area contributed by atoms with E-state index < -0.39 is 0 Å². The Balaban J connectivity index is 1.85. The molecule has 0 fully saturated rings. The molecule has 0 saturated heterocycles. The Morgan fingerprint density at radius 2 is 2.29 bits per heavy atom. The van der Waals surface area contributed by atoms with Crippen molar-refractivity contribution in [3.05, 3.63) is 40.6 Å². The van der Waals surface area contributed by atoms with Crippen LogP contribution >= 0.6 is 23.6 Å². The third kappa shape index (κ3) is 3.47. The van der Waals surface area contributed by atoms with Crippen LogP contribution in [0.3, 0.4) is 0 Å². The summed E-state index contributed by atoms with van der Waals surface area (Å²) >= 11 is 6.45. The molecule has 4 nitrogen and oxygen atoms in total. The van der Waals surface area contributed by atoms with Gasteiger partial charge < -0.3 is 11.1 Å². The van der Waals surface area contributed by atoms with Crippen LogP contribution in [0, 0.1) is 0 Å². The Kier molecular flexibility index (Phi) is 4.00. The van der Waals surface area contributed by atoms with Crippen LogP contribution in [0.2, 0.25) is 0 Å². The first-order valence-corrected chi connectivity index (χ1v) is 6.47. The highest BCUT2D eigenvalue weighted by Crippen LogP contribution is 2.07. The monoisotopic (exact) mass is 264 g/mol. The topological polar surface area (TPSA) is 63.8 Å². The Hall–Kier alpha value is -1.53. The molecule has 88 valence electrons. The van der Waals surface area contributed by atoms with E-state index >= 15 is 0 Å². The lowest BCUT2D eigenvalue weighted by atomic mass is 10.3. The van der Waals surface area contributed by atoms with Crippen molar-refractivity contribution in [1.82, 2.24) is 9.97 Å². The van der Waals surface area contributed by atoms with E-state index in [2.05, 4.69) is 20.7 Å². The second-order valence-corrected chi connectivity index (χ2v) is 4.61. The van der Waals surface area contributed by atoms with Crippen LogP contribution < -0.4 is 11.1 Å². The van der Waals surface area contributed by atoms with E-state index in [1.807, 2.05) is 17.6 Å². The Labute approximate surface area is 109 Å². The van der Waals surface area contributed by atoms with Gasteiger partial charge in [-0.3, -0.25) is 4.98 Å². The van der Waals surface area contributed by atoms with Crippen LogP contribution in [-0.4, -0.2) is 21.5 Å². The molecule has 3 N–H and O–H groups in total. The number of anilines is 1. The molecule has 0 aliphatic heterocycles. The zero-order chi connectivity index (χ0) is 12.1. The quantitative estimate of drug-likeness (QED) is 0.807. The molecular formula is C11H12N4S2. The van der Waals surface area contributed by atoms with E-state index in [1.165, 1.54) is 0 Å². The van der Waals surface area contributed by atoms with Crippen LogP contribution in [0.15, 0.2) is 29.2 Å². The summed E-state index contributed by atoms with van der Waals surface area (Å²) in [5.41, 5.74) is 10.0. The maximum Gasteiger partial charge on any atom is 0.122 e. The molecule has 0 bridgehead atoms. The van der Waals surface area contributed by atoms with Gasteiger partial charge in [-0.05, 0) is 12.1 Å². The molecule has 0 radical (unpaired) electrons. The van der Waals surface area contributed by atoms with Gasteiger partial charge in [-0.25, -0.2) is 4.98 Å². The molecule has 2 aromatic heterocycles. The third-order valence-corrected chi connectivity index (χ3v) is 3.05. The van der Waals surface area contributed by atoms with E-state index in [0.717, 1.165) is 24.3 Å². The number of hydrogen-bond acceptors (Lipinski definition) is 5. The molecule has 0 saturated carbocycles. The van der Waals surface area contributed by atoms with E-state index in [4.69, 9.17) is 18.0 Å². The van der Waals surface area contributed by atoms with Crippen LogP contribution in [0.1, 0.15) is 11.4 Å². The van der Waals surface area contributed by atoms with E-state index in [-0.39, 0.29) is 0 Å². The van der Waals surface area contributed by atoms with Gasteiger partial charge in [0.1, 0.15) is 4.99 Å². The Morgan fingerprint density at radius 3 is 2.88 bits per heavy atom. The molecule has 2 rings (SSSR count). The van der Waals surface area contributed by atoms with Gasteiger partial charge in [0.15, 0.2) is 0 Å². The fraction of sp³-hybridized carbons (Fsp3) is 0.182. The van der Waals surface area contributed by atoms with Gasteiger partial charge in [0.05, 0.1) is 28.8 Å². The summed E-state index contributed by atoms with van der Waals surface area (Å²) in [6.45, 7) is 0.831. The summed E-state index contributed by atoms with van der Waals surface area (Å²) in [4.78, 5) is 8.68. The van der Waals surface area contributed by atoms with Crippen LogP contribution in [-0.2, 0) is 6.42 Å². The minimum Gasteiger partial charge on any atom is -0.388 e. The van der Waals surface area contributed by atoms with E-state index in [9.17, 15) is 0 Å².